The van der Waals surface area contributed by atoms with E-state index in [9.17, 15) is 14.4 Å². The van der Waals surface area contributed by atoms with E-state index in [-0.39, 0.29) is 28.6 Å². The summed E-state index contributed by atoms with van der Waals surface area (Å²) >= 11 is 6.41. The number of nitrogens with zero attached hydrogens (tertiary/aromatic N) is 3. The van der Waals surface area contributed by atoms with Crippen LogP contribution in [0.25, 0.3) is 10.9 Å². The van der Waals surface area contributed by atoms with Gasteiger partial charge in [-0.25, -0.2) is 0 Å². The molecular formula is C20H24ClN5O3. The Morgan fingerprint density at radius 3 is 2.55 bits per heavy atom. The molecule has 9 heteroatoms. The second-order valence-corrected chi connectivity index (χ2v) is 8.30. The fourth-order valence-corrected chi connectivity index (χ4v) is 4.09. The first kappa shape index (κ1) is 19.7. The molecule has 1 aromatic heterocycles. The highest BCUT2D eigenvalue weighted by molar-refractivity contribution is 6.45. The van der Waals surface area contributed by atoms with Gasteiger partial charge >= 0.3 is 0 Å². The van der Waals surface area contributed by atoms with E-state index in [1.54, 1.807) is 17.0 Å². The fraction of sp³-hybridized carbons (Fsp3) is 0.450. The number of nitrogens with two attached hydrogens (primary N) is 1. The molecule has 1 aromatic carbocycles. The zero-order chi connectivity index (χ0) is 20.9. The van der Waals surface area contributed by atoms with Crippen molar-refractivity contribution in [3.05, 3.63) is 34.5 Å². The second-order valence-electron chi connectivity index (χ2n) is 7.89. The van der Waals surface area contributed by atoms with E-state index in [1.807, 2.05) is 13.8 Å². The minimum Gasteiger partial charge on any atom is -0.339 e. The number of Topliss-reactive ketones (excluding diaryl/α,β-unsaturated/α-hetero) is 1. The van der Waals surface area contributed by atoms with E-state index in [0.29, 0.717) is 42.6 Å². The Labute approximate surface area is 173 Å². The fourth-order valence-electron chi connectivity index (χ4n) is 3.85. The van der Waals surface area contributed by atoms with Crippen molar-refractivity contribution in [1.82, 2.24) is 19.8 Å². The van der Waals surface area contributed by atoms with Gasteiger partial charge in [-0.3, -0.25) is 19.1 Å². The van der Waals surface area contributed by atoms with E-state index in [4.69, 9.17) is 17.4 Å². The lowest BCUT2D eigenvalue weighted by molar-refractivity contribution is -0.129. The lowest BCUT2D eigenvalue weighted by Gasteiger charge is -2.37. The average Bonchev–Trinajstić information content (AvgIpc) is 2.96. The summed E-state index contributed by atoms with van der Waals surface area (Å²) < 4.78 is 1.27. The summed E-state index contributed by atoms with van der Waals surface area (Å²) in [6.07, 6.45) is 2.32. The Balaban J connectivity index is 1.74. The zero-order valence-electron chi connectivity index (χ0n) is 16.4. The SMILES string of the molecule is CC1CN[C@@H](C)CN1C(=O)c1cc2c(C(=O)C(=O)N3CCC3)cn(N)c2cc1Cl. The number of benzene rings is 1. The maximum absolute atomic E-state index is 13.2. The van der Waals surface area contributed by atoms with Crippen molar-refractivity contribution in [2.24, 2.45) is 0 Å². The van der Waals surface area contributed by atoms with Crippen LogP contribution in [0.4, 0.5) is 0 Å². The molecule has 0 aliphatic carbocycles. The number of amides is 2. The number of likely N-dealkylation sites (tertiary alicyclic amines) is 1. The summed E-state index contributed by atoms with van der Waals surface area (Å²) in [6, 6.07) is 3.35. The van der Waals surface area contributed by atoms with Crippen molar-refractivity contribution < 1.29 is 14.4 Å². The van der Waals surface area contributed by atoms with Crippen LogP contribution in [0.5, 0.6) is 0 Å². The van der Waals surface area contributed by atoms with Gasteiger partial charge in [-0.05, 0) is 32.4 Å². The standard InChI is InChI=1S/C20H24ClN5O3/c1-11-9-25(12(2)8-23-11)19(28)14-6-13-15(10-26(22)17(13)7-16(14)21)18(27)20(29)24-4-3-5-24/h6-7,10-12,23H,3-5,8-9,22H2,1-2H3/t11-,12?/m0/s1. The number of ketones is 1. The molecule has 2 atom stereocenters. The number of rotatable bonds is 3. The predicted molar refractivity (Wildman–Crippen MR) is 111 cm³/mol. The van der Waals surface area contributed by atoms with Gasteiger partial charge in [0.25, 0.3) is 17.6 Å². The normalized spacial score (nSPS) is 21.9. The summed E-state index contributed by atoms with van der Waals surface area (Å²) in [6.45, 7) is 6.41. The van der Waals surface area contributed by atoms with Gasteiger partial charge in [0, 0.05) is 49.8 Å². The molecule has 1 unspecified atom stereocenters. The summed E-state index contributed by atoms with van der Waals surface area (Å²) in [5.41, 5.74) is 0.983. The zero-order valence-corrected chi connectivity index (χ0v) is 17.2. The van der Waals surface area contributed by atoms with Crippen LogP contribution in [0.2, 0.25) is 5.02 Å². The van der Waals surface area contributed by atoms with Crippen LogP contribution in [-0.4, -0.2) is 70.3 Å². The van der Waals surface area contributed by atoms with Crippen molar-refractivity contribution in [3.63, 3.8) is 0 Å². The monoisotopic (exact) mass is 417 g/mol. The number of carbonyl (C=O) groups excluding carboxylic acids is 3. The average molecular weight is 418 g/mol. The molecule has 154 valence electrons. The number of nitrogens with one attached hydrogen (secondary N) is 1. The molecule has 3 heterocycles. The summed E-state index contributed by atoms with van der Waals surface area (Å²) in [4.78, 5) is 41.7. The molecule has 29 heavy (non-hydrogen) atoms. The summed E-state index contributed by atoms with van der Waals surface area (Å²) in [5, 5.41) is 4.06. The van der Waals surface area contributed by atoms with Crippen molar-refractivity contribution in [3.8, 4) is 0 Å². The molecule has 0 radical (unpaired) electrons. The van der Waals surface area contributed by atoms with Crippen LogP contribution in [0, 0.1) is 0 Å². The van der Waals surface area contributed by atoms with Crippen molar-refractivity contribution >= 4 is 40.1 Å². The first-order valence-electron chi connectivity index (χ1n) is 9.75. The second kappa shape index (κ2) is 7.35. The molecule has 2 saturated heterocycles. The lowest BCUT2D eigenvalue weighted by Crippen LogP contribution is -2.56. The van der Waals surface area contributed by atoms with Crippen molar-refractivity contribution in [2.75, 3.05) is 32.0 Å². The molecule has 4 rings (SSSR count). The molecule has 8 nitrogen and oxygen atoms in total. The smallest absolute Gasteiger partial charge is 0.295 e. The van der Waals surface area contributed by atoms with Crippen LogP contribution >= 0.6 is 11.6 Å². The van der Waals surface area contributed by atoms with Gasteiger partial charge in [0.2, 0.25) is 0 Å². The minimum absolute atomic E-state index is 0.0127. The highest BCUT2D eigenvalue weighted by Crippen LogP contribution is 2.29. The number of fused-ring (bicyclic) bond motifs is 1. The number of nitrogen functional groups attached to an aromatic ring is 1. The van der Waals surface area contributed by atoms with E-state index in [2.05, 4.69) is 5.32 Å². The third kappa shape index (κ3) is 3.36. The highest BCUT2D eigenvalue weighted by Gasteiger charge is 2.32. The number of halogens is 1. The van der Waals surface area contributed by atoms with Gasteiger partial charge in [0.15, 0.2) is 0 Å². The maximum Gasteiger partial charge on any atom is 0.295 e. The van der Waals surface area contributed by atoms with Gasteiger partial charge in [0.05, 0.1) is 21.7 Å². The van der Waals surface area contributed by atoms with Crippen LogP contribution in [-0.2, 0) is 4.79 Å². The highest BCUT2D eigenvalue weighted by atomic mass is 35.5. The minimum atomic E-state index is -0.621. The Morgan fingerprint density at radius 1 is 1.17 bits per heavy atom. The maximum atomic E-state index is 13.2. The predicted octanol–water partition coefficient (Wildman–Crippen LogP) is 1.25. The molecule has 2 amide bonds. The van der Waals surface area contributed by atoms with Crippen LogP contribution in [0.15, 0.2) is 18.3 Å². The van der Waals surface area contributed by atoms with Crippen LogP contribution < -0.4 is 11.2 Å². The molecule has 0 saturated carbocycles. The number of carbonyl (C=O) groups is 3. The number of hydrogen-bond acceptors (Lipinski definition) is 5. The molecule has 2 aromatic rings. The van der Waals surface area contributed by atoms with Crippen LogP contribution in [0.3, 0.4) is 0 Å². The Hall–Kier alpha value is -2.58. The van der Waals surface area contributed by atoms with Gasteiger partial charge in [-0.15, -0.1) is 0 Å². The Bertz CT molecular complexity index is 1010. The molecule has 3 N–H and O–H groups in total. The Kier molecular flexibility index (Phi) is 5.00. The van der Waals surface area contributed by atoms with Crippen molar-refractivity contribution in [2.45, 2.75) is 32.4 Å². The summed E-state index contributed by atoms with van der Waals surface area (Å²) in [5.74, 6) is 4.63. The Morgan fingerprint density at radius 2 is 1.90 bits per heavy atom. The molecular weight excluding hydrogens is 394 g/mol. The number of piperazine rings is 1. The molecule has 2 aliphatic rings. The van der Waals surface area contributed by atoms with E-state index in [0.717, 1.165) is 6.42 Å². The van der Waals surface area contributed by atoms with E-state index in [1.165, 1.54) is 15.8 Å². The van der Waals surface area contributed by atoms with E-state index >= 15 is 0 Å². The molecule has 0 spiro atoms. The first-order chi connectivity index (χ1) is 13.8. The third-order valence-electron chi connectivity index (χ3n) is 5.76. The van der Waals surface area contributed by atoms with E-state index < -0.39 is 11.7 Å². The van der Waals surface area contributed by atoms with Gasteiger partial charge in [-0.1, -0.05) is 11.6 Å². The van der Waals surface area contributed by atoms with Crippen molar-refractivity contribution in [1.29, 1.82) is 0 Å². The number of hydrogen-bond donors (Lipinski definition) is 2. The van der Waals surface area contributed by atoms with Gasteiger partial charge < -0.3 is 21.0 Å². The largest absolute Gasteiger partial charge is 0.339 e. The number of aromatic nitrogens is 1. The van der Waals surface area contributed by atoms with Gasteiger partial charge in [-0.2, -0.15) is 0 Å². The first-order valence-corrected chi connectivity index (χ1v) is 10.1. The third-order valence-corrected chi connectivity index (χ3v) is 6.07. The molecule has 2 fully saturated rings. The summed E-state index contributed by atoms with van der Waals surface area (Å²) in [7, 11) is 0. The molecule has 2 aliphatic heterocycles. The quantitative estimate of drug-likeness (QED) is 0.444. The van der Waals surface area contributed by atoms with Gasteiger partial charge in [0.1, 0.15) is 0 Å². The topological polar surface area (TPSA) is 101 Å². The lowest BCUT2D eigenvalue weighted by atomic mass is 10.0. The molecule has 0 bridgehead atoms. The van der Waals surface area contributed by atoms with Crippen LogP contribution in [0.1, 0.15) is 41.0 Å².